The topological polar surface area (TPSA) is 77.2 Å². The number of fused-ring (bicyclic) bond motifs is 1. The summed E-state index contributed by atoms with van der Waals surface area (Å²) in [5, 5.41) is 4.82. The maximum absolute atomic E-state index is 11.7. The average molecular weight is 412 g/mol. The number of carbonyl (C=O) groups excluding carboxylic acids is 1. The minimum Gasteiger partial charge on any atom is -0.477 e. The molecule has 0 fully saturated rings. The highest BCUT2D eigenvalue weighted by atomic mass is 35.5. The van der Waals surface area contributed by atoms with Crippen molar-refractivity contribution >= 4 is 28.4 Å². The number of amides is 1. The first kappa shape index (κ1) is 21.1. The van der Waals surface area contributed by atoms with Gasteiger partial charge in [-0.2, -0.15) is 0 Å². The molecular formula is C23H26ClN3O2. The third-order valence-electron chi connectivity index (χ3n) is 4.78. The van der Waals surface area contributed by atoms with Crippen LogP contribution in [0.4, 0.5) is 0 Å². The summed E-state index contributed by atoms with van der Waals surface area (Å²) in [6.45, 7) is 4.85. The van der Waals surface area contributed by atoms with E-state index in [9.17, 15) is 4.79 Å². The molecule has 0 spiro atoms. The number of rotatable bonds is 9. The van der Waals surface area contributed by atoms with Crippen LogP contribution in [0.25, 0.3) is 10.9 Å². The van der Waals surface area contributed by atoms with Gasteiger partial charge in [-0.15, -0.1) is 0 Å². The Morgan fingerprint density at radius 1 is 1.17 bits per heavy atom. The molecule has 1 heterocycles. The van der Waals surface area contributed by atoms with Crippen molar-refractivity contribution in [1.29, 1.82) is 0 Å². The van der Waals surface area contributed by atoms with Crippen LogP contribution >= 0.6 is 11.6 Å². The van der Waals surface area contributed by atoms with Crippen LogP contribution in [0.15, 0.2) is 54.6 Å². The van der Waals surface area contributed by atoms with Gasteiger partial charge in [0.25, 0.3) is 0 Å². The van der Waals surface area contributed by atoms with Crippen molar-refractivity contribution in [2.24, 2.45) is 11.7 Å². The number of pyridine rings is 1. The van der Waals surface area contributed by atoms with Crippen molar-refractivity contribution in [2.45, 2.75) is 32.9 Å². The Kier molecular flexibility index (Phi) is 7.07. The highest BCUT2D eigenvalue weighted by Gasteiger charge is 2.20. The van der Waals surface area contributed by atoms with Gasteiger partial charge in [0.2, 0.25) is 11.8 Å². The van der Waals surface area contributed by atoms with Gasteiger partial charge in [-0.05, 0) is 29.7 Å². The van der Waals surface area contributed by atoms with E-state index < -0.39 is 6.04 Å². The number of aromatic nitrogens is 1. The molecular weight excluding hydrogens is 386 g/mol. The Morgan fingerprint density at radius 3 is 2.62 bits per heavy atom. The van der Waals surface area contributed by atoms with Gasteiger partial charge in [-0.25, -0.2) is 4.98 Å². The van der Waals surface area contributed by atoms with E-state index in [2.05, 4.69) is 22.4 Å². The number of hydrogen-bond donors (Lipinski definition) is 2. The Balaban J connectivity index is 1.82. The van der Waals surface area contributed by atoms with E-state index in [1.165, 1.54) is 5.56 Å². The van der Waals surface area contributed by atoms with Gasteiger partial charge < -0.3 is 15.8 Å². The second kappa shape index (κ2) is 9.72. The van der Waals surface area contributed by atoms with Gasteiger partial charge in [-0.1, -0.05) is 61.8 Å². The fourth-order valence-corrected chi connectivity index (χ4v) is 3.38. The SMILES string of the molecule is CC(C)[C@H](NCc1cc2ccc(Cl)cc2nc1OCCc1ccccc1)C(N)=O. The lowest BCUT2D eigenvalue weighted by molar-refractivity contribution is -0.121. The van der Waals surface area contributed by atoms with Crippen LogP contribution in [0.3, 0.4) is 0 Å². The molecule has 29 heavy (non-hydrogen) atoms. The molecule has 1 aromatic heterocycles. The standard InChI is InChI=1S/C23H26ClN3O2/c1-15(2)21(22(25)28)26-14-18-12-17-8-9-19(24)13-20(17)27-23(18)29-11-10-16-6-4-3-5-7-16/h3-9,12-13,15,21,26H,10-11,14H2,1-2H3,(H2,25,28)/t21-/m0/s1. The molecule has 0 saturated heterocycles. The number of ether oxygens (including phenoxy) is 1. The molecule has 152 valence electrons. The van der Waals surface area contributed by atoms with Gasteiger partial charge in [0.1, 0.15) is 0 Å². The van der Waals surface area contributed by atoms with Gasteiger partial charge >= 0.3 is 0 Å². The highest BCUT2D eigenvalue weighted by Crippen LogP contribution is 2.25. The molecule has 3 rings (SSSR count). The number of halogens is 1. The molecule has 0 saturated carbocycles. The monoisotopic (exact) mass is 411 g/mol. The van der Waals surface area contributed by atoms with Gasteiger partial charge in [0, 0.05) is 28.9 Å². The summed E-state index contributed by atoms with van der Waals surface area (Å²) < 4.78 is 6.03. The smallest absolute Gasteiger partial charge is 0.234 e. The van der Waals surface area contributed by atoms with Crippen molar-refractivity contribution in [3.63, 3.8) is 0 Å². The summed E-state index contributed by atoms with van der Waals surface area (Å²) in [7, 11) is 0. The zero-order valence-electron chi connectivity index (χ0n) is 16.7. The lowest BCUT2D eigenvalue weighted by Crippen LogP contribution is -2.44. The van der Waals surface area contributed by atoms with E-state index in [4.69, 9.17) is 22.1 Å². The van der Waals surface area contributed by atoms with Gasteiger partial charge in [-0.3, -0.25) is 4.79 Å². The van der Waals surface area contributed by atoms with E-state index in [1.54, 1.807) is 0 Å². The fourth-order valence-electron chi connectivity index (χ4n) is 3.21. The number of carbonyl (C=O) groups is 1. The number of primary amides is 1. The Labute approximate surface area is 176 Å². The molecule has 6 heteroatoms. The molecule has 0 unspecified atom stereocenters. The molecule has 1 atom stereocenters. The molecule has 0 radical (unpaired) electrons. The first-order chi connectivity index (χ1) is 13.9. The Morgan fingerprint density at radius 2 is 1.93 bits per heavy atom. The number of nitrogens with one attached hydrogen (secondary N) is 1. The minimum absolute atomic E-state index is 0.0853. The second-order valence-corrected chi connectivity index (χ2v) is 7.82. The third-order valence-corrected chi connectivity index (χ3v) is 5.01. The predicted molar refractivity (Wildman–Crippen MR) is 117 cm³/mol. The quantitative estimate of drug-likeness (QED) is 0.555. The number of benzene rings is 2. The lowest BCUT2D eigenvalue weighted by atomic mass is 10.0. The number of nitrogens with zero attached hydrogens (tertiary/aromatic N) is 1. The van der Waals surface area contributed by atoms with Crippen LogP contribution in [0, 0.1) is 5.92 Å². The summed E-state index contributed by atoms with van der Waals surface area (Å²) in [5.41, 5.74) is 8.37. The number of hydrogen-bond acceptors (Lipinski definition) is 4. The van der Waals surface area contributed by atoms with E-state index in [1.807, 2.05) is 56.3 Å². The molecule has 0 bridgehead atoms. The maximum atomic E-state index is 11.7. The Bertz CT molecular complexity index is 977. The summed E-state index contributed by atoms with van der Waals surface area (Å²) in [6.07, 6.45) is 0.777. The zero-order valence-corrected chi connectivity index (χ0v) is 17.4. The second-order valence-electron chi connectivity index (χ2n) is 7.38. The van der Waals surface area contributed by atoms with Crippen LogP contribution in [0.2, 0.25) is 5.02 Å². The molecule has 3 aromatic rings. The first-order valence-corrected chi connectivity index (χ1v) is 10.1. The molecule has 0 aliphatic heterocycles. The number of nitrogens with two attached hydrogens (primary N) is 1. The molecule has 3 N–H and O–H groups in total. The van der Waals surface area contributed by atoms with Crippen LogP contribution in [-0.4, -0.2) is 23.5 Å². The van der Waals surface area contributed by atoms with Crippen molar-refractivity contribution < 1.29 is 9.53 Å². The summed E-state index contributed by atoms with van der Waals surface area (Å²) in [4.78, 5) is 16.4. The summed E-state index contributed by atoms with van der Waals surface area (Å²) in [5.74, 6) is 0.254. The fraction of sp³-hybridized carbons (Fsp3) is 0.304. The largest absolute Gasteiger partial charge is 0.477 e. The van der Waals surface area contributed by atoms with Gasteiger partial charge in [0.15, 0.2) is 0 Å². The van der Waals surface area contributed by atoms with E-state index in [0.717, 1.165) is 22.9 Å². The van der Waals surface area contributed by atoms with Crippen molar-refractivity contribution in [1.82, 2.24) is 10.3 Å². The minimum atomic E-state index is -0.423. The third kappa shape index (κ3) is 5.68. The van der Waals surface area contributed by atoms with Crippen LogP contribution in [0.5, 0.6) is 5.88 Å². The maximum Gasteiger partial charge on any atom is 0.234 e. The predicted octanol–water partition coefficient (Wildman–Crippen LogP) is 4.11. The zero-order chi connectivity index (χ0) is 20.8. The molecule has 5 nitrogen and oxygen atoms in total. The van der Waals surface area contributed by atoms with E-state index in [0.29, 0.717) is 24.1 Å². The van der Waals surface area contributed by atoms with Crippen LogP contribution in [-0.2, 0) is 17.8 Å². The highest BCUT2D eigenvalue weighted by molar-refractivity contribution is 6.31. The Hall–Kier alpha value is -2.63. The van der Waals surface area contributed by atoms with Gasteiger partial charge in [0.05, 0.1) is 18.2 Å². The first-order valence-electron chi connectivity index (χ1n) is 9.72. The average Bonchev–Trinajstić information content (AvgIpc) is 2.68. The molecule has 0 aliphatic carbocycles. The van der Waals surface area contributed by atoms with Crippen molar-refractivity contribution in [3.05, 3.63) is 70.7 Å². The van der Waals surface area contributed by atoms with Crippen molar-refractivity contribution in [3.8, 4) is 5.88 Å². The van der Waals surface area contributed by atoms with E-state index in [-0.39, 0.29) is 11.8 Å². The van der Waals surface area contributed by atoms with E-state index >= 15 is 0 Å². The summed E-state index contributed by atoms with van der Waals surface area (Å²) in [6, 6.07) is 17.3. The van der Waals surface area contributed by atoms with Crippen LogP contribution in [0.1, 0.15) is 25.0 Å². The molecule has 1 amide bonds. The molecule has 0 aliphatic rings. The molecule has 2 aromatic carbocycles. The lowest BCUT2D eigenvalue weighted by Gasteiger charge is -2.20. The normalized spacial score (nSPS) is 12.3. The van der Waals surface area contributed by atoms with Crippen LogP contribution < -0.4 is 15.8 Å². The summed E-state index contributed by atoms with van der Waals surface area (Å²) >= 11 is 6.12. The van der Waals surface area contributed by atoms with Crippen molar-refractivity contribution in [2.75, 3.05) is 6.61 Å².